The minimum absolute atomic E-state index is 0.0309. The molecule has 2 aromatic carbocycles. The Morgan fingerprint density at radius 2 is 1.62 bits per heavy atom. The molecule has 1 atom stereocenters. The Balaban J connectivity index is 2.33. The first-order chi connectivity index (χ1) is 9.90. The van der Waals surface area contributed by atoms with Gasteiger partial charge in [0.15, 0.2) is 0 Å². The highest BCUT2D eigenvalue weighted by atomic mass is 32.2. The van der Waals surface area contributed by atoms with Crippen molar-refractivity contribution in [2.45, 2.75) is 17.9 Å². The Labute approximate surface area is 123 Å². The molecule has 0 bridgehead atoms. The molecular formula is C15H15NO4S. The van der Waals surface area contributed by atoms with Crippen LogP contribution < -0.4 is 4.72 Å². The second-order valence-electron chi connectivity index (χ2n) is 4.62. The monoisotopic (exact) mass is 305 g/mol. The van der Waals surface area contributed by atoms with Gasteiger partial charge in [-0.15, -0.1) is 0 Å². The molecule has 0 heterocycles. The van der Waals surface area contributed by atoms with Crippen LogP contribution in [-0.4, -0.2) is 19.5 Å². The number of rotatable bonds is 5. The van der Waals surface area contributed by atoms with E-state index in [0.717, 1.165) is 5.56 Å². The molecule has 0 amide bonds. The summed E-state index contributed by atoms with van der Waals surface area (Å²) < 4.78 is 26.6. The lowest BCUT2D eigenvalue weighted by Crippen LogP contribution is -2.33. The summed E-state index contributed by atoms with van der Waals surface area (Å²) in [5.74, 6) is -1.25. The smallest absolute Gasteiger partial charge is 0.326 e. The van der Waals surface area contributed by atoms with Crippen LogP contribution in [0, 0.1) is 6.92 Å². The normalized spacial score (nSPS) is 12.8. The number of nitrogens with one attached hydrogen (secondary N) is 1. The third kappa shape index (κ3) is 3.68. The highest BCUT2D eigenvalue weighted by Crippen LogP contribution is 2.18. The first-order valence-electron chi connectivity index (χ1n) is 6.27. The van der Waals surface area contributed by atoms with Gasteiger partial charge < -0.3 is 5.11 Å². The van der Waals surface area contributed by atoms with E-state index in [-0.39, 0.29) is 4.90 Å². The number of carbonyl (C=O) groups is 1. The molecule has 0 aliphatic rings. The van der Waals surface area contributed by atoms with Crippen molar-refractivity contribution >= 4 is 16.0 Å². The van der Waals surface area contributed by atoms with Crippen LogP contribution in [0.4, 0.5) is 0 Å². The van der Waals surface area contributed by atoms with E-state index in [2.05, 4.69) is 4.72 Å². The summed E-state index contributed by atoms with van der Waals surface area (Å²) in [6, 6.07) is 13.0. The summed E-state index contributed by atoms with van der Waals surface area (Å²) in [7, 11) is -3.89. The van der Waals surface area contributed by atoms with E-state index in [1.807, 2.05) is 6.92 Å². The average molecular weight is 305 g/mol. The van der Waals surface area contributed by atoms with E-state index < -0.39 is 22.0 Å². The molecule has 0 aliphatic heterocycles. The van der Waals surface area contributed by atoms with E-state index in [4.69, 9.17) is 0 Å². The molecule has 1 unspecified atom stereocenters. The van der Waals surface area contributed by atoms with Crippen LogP contribution in [0.2, 0.25) is 0 Å². The van der Waals surface area contributed by atoms with Crippen molar-refractivity contribution < 1.29 is 18.3 Å². The van der Waals surface area contributed by atoms with E-state index in [9.17, 15) is 18.3 Å². The Bertz CT molecular complexity index is 724. The van der Waals surface area contributed by atoms with Crippen molar-refractivity contribution in [3.05, 3.63) is 65.7 Å². The molecule has 0 aliphatic carbocycles. The molecule has 0 saturated carbocycles. The SMILES string of the molecule is Cc1ccc(C(NS(=O)(=O)c2ccccc2)C(=O)O)cc1. The third-order valence-corrected chi connectivity index (χ3v) is 4.42. The number of hydrogen-bond acceptors (Lipinski definition) is 3. The molecular weight excluding hydrogens is 290 g/mol. The molecule has 0 fully saturated rings. The first-order valence-corrected chi connectivity index (χ1v) is 7.75. The zero-order chi connectivity index (χ0) is 15.5. The van der Waals surface area contributed by atoms with Crippen molar-refractivity contribution in [1.82, 2.24) is 4.72 Å². The maximum Gasteiger partial charge on any atom is 0.326 e. The van der Waals surface area contributed by atoms with Crippen molar-refractivity contribution in [2.24, 2.45) is 0 Å². The lowest BCUT2D eigenvalue weighted by molar-refractivity contribution is -0.139. The summed E-state index contributed by atoms with van der Waals surface area (Å²) in [5, 5.41) is 9.28. The molecule has 0 radical (unpaired) electrons. The molecule has 110 valence electrons. The maximum atomic E-state index is 12.2. The van der Waals surface area contributed by atoms with E-state index in [1.165, 1.54) is 12.1 Å². The fourth-order valence-electron chi connectivity index (χ4n) is 1.84. The number of benzene rings is 2. The number of carboxylic acids is 1. The summed E-state index contributed by atoms with van der Waals surface area (Å²) in [4.78, 5) is 11.4. The molecule has 0 spiro atoms. The van der Waals surface area contributed by atoms with Crippen LogP contribution in [0.15, 0.2) is 59.5 Å². The van der Waals surface area contributed by atoms with Crippen LogP contribution in [0.3, 0.4) is 0 Å². The highest BCUT2D eigenvalue weighted by Gasteiger charge is 2.26. The number of carboxylic acid groups (broad SMARTS) is 1. The van der Waals surface area contributed by atoms with Crippen molar-refractivity contribution in [1.29, 1.82) is 0 Å². The van der Waals surface area contributed by atoms with Gasteiger partial charge in [0.05, 0.1) is 4.90 Å². The topological polar surface area (TPSA) is 83.5 Å². The summed E-state index contributed by atoms with van der Waals surface area (Å²) in [6.45, 7) is 1.87. The molecule has 21 heavy (non-hydrogen) atoms. The lowest BCUT2D eigenvalue weighted by atomic mass is 10.1. The van der Waals surface area contributed by atoms with Crippen LogP contribution in [0.1, 0.15) is 17.2 Å². The van der Waals surface area contributed by atoms with Gasteiger partial charge in [-0.1, -0.05) is 48.0 Å². The van der Waals surface area contributed by atoms with Gasteiger partial charge in [0.1, 0.15) is 6.04 Å². The van der Waals surface area contributed by atoms with Gasteiger partial charge in [-0.05, 0) is 24.6 Å². The van der Waals surface area contributed by atoms with E-state index in [0.29, 0.717) is 5.56 Å². The average Bonchev–Trinajstić information content (AvgIpc) is 2.47. The summed E-state index contributed by atoms with van der Waals surface area (Å²) in [5.41, 5.74) is 1.35. The number of aryl methyl sites for hydroxylation is 1. The number of hydrogen-bond donors (Lipinski definition) is 2. The second-order valence-corrected chi connectivity index (χ2v) is 6.33. The Morgan fingerprint density at radius 1 is 1.05 bits per heavy atom. The van der Waals surface area contributed by atoms with E-state index in [1.54, 1.807) is 42.5 Å². The van der Waals surface area contributed by atoms with Gasteiger partial charge in [0, 0.05) is 0 Å². The van der Waals surface area contributed by atoms with E-state index >= 15 is 0 Å². The van der Waals surface area contributed by atoms with Gasteiger partial charge in [0.2, 0.25) is 10.0 Å². The van der Waals surface area contributed by atoms with Crippen LogP contribution in [0.25, 0.3) is 0 Å². The molecule has 2 aromatic rings. The molecule has 2 rings (SSSR count). The first kappa shape index (κ1) is 15.2. The predicted octanol–water partition coefficient (Wildman–Crippen LogP) is 2.10. The van der Waals surface area contributed by atoms with Gasteiger partial charge >= 0.3 is 5.97 Å². The Hall–Kier alpha value is -2.18. The molecule has 2 N–H and O–H groups in total. The minimum atomic E-state index is -3.89. The van der Waals surface area contributed by atoms with Crippen molar-refractivity contribution in [3.8, 4) is 0 Å². The zero-order valence-electron chi connectivity index (χ0n) is 11.4. The minimum Gasteiger partial charge on any atom is -0.480 e. The Kier molecular flexibility index (Phi) is 4.40. The Morgan fingerprint density at radius 3 is 2.14 bits per heavy atom. The predicted molar refractivity (Wildman–Crippen MR) is 78.3 cm³/mol. The highest BCUT2D eigenvalue weighted by molar-refractivity contribution is 7.89. The van der Waals surface area contributed by atoms with Crippen LogP contribution in [0.5, 0.6) is 0 Å². The lowest BCUT2D eigenvalue weighted by Gasteiger charge is -2.15. The number of aliphatic carboxylic acids is 1. The van der Waals surface area contributed by atoms with Crippen molar-refractivity contribution in [3.63, 3.8) is 0 Å². The van der Waals surface area contributed by atoms with Crippen LogP contribution in [-0.2, 0) is 14.8 Å². The zero-order valence-corrected chi connectivity index (χ0v) is 12.2. The van der Waals surface area contributed by atoms with Gasteiger partial charge in [-0.2, -0.15) is 4.72 Å². The summed E-state index contributed by atoms with van der Waals surface area (Å²) >= 11 is 0. The van der Waals surface area contributed by atoms with Crippen molar-refractivity contribution in [2.75, 3.05) is 0 Å². The standard InChI is InChI=1S/C15H15NO4S/c1-11-7-9-12(10-8-11)14(15(17)18)16-21(19,20)13-5-3-2-4-6-13/h2-10,14,16H,1H3,(H,17,18). The third-order valence-electron chi connectivity index (χ3n) is 2.98. The molecule has 0 saturated heterocycles. The second kappa shape index (κ2) is 6.07. The quantitative estimate of drug-likeness (QED) is 0.886. The van der Waals surface area contributed by atoms with Gasteiger partial charge in [0.25, 0.3) is 0 Å². The van der Waals surface area contributed by atoms with Gasteiger partial charge in [-0.25, -0.2) is 8.42 Å². The number of sulfonamides is 1. The fourth-order valence-corrected chi connectivity index (χ4v) is 3.04. The molecule has 0 aromatic heterocycles. The summed E-state index contributed by atoms with van der Waals surface area (Å²) in [6.07, 6.45) is 0. The largest absolute Gasteiger partial charge is 0.480 e. The fraction of sp³-hybridized carbons (Fsp3) is 0.133. The molecule has 5 nitrogen and oxygen atoms in total. The van der Waals surface area contributed by atoms with Crippen LogP contribution >= 0.6 is 0 Å². The maximum absolute atomic E-state index is 12.2. The molecule has 6 heteroatoms. The van der Waals surface area contributed by atoms with Gasteiger partial charge in [-0.3, -0.25) is 4.79 Å².